The van der Waals surface area contributed by atoms with E-state index >= 15 is 0 Å². The van der Waals surface area contributed by atoms with Crippen LogP contribution in [0.25, 0.3) is 5.65 Å². The molecule has 9 heteroatoms. The first-order valence-corrected chi connectivity index (χ1v) is 9.67. The lowest BCUT2D eigenvalue weighted by Gasteiger charge is -2.07. The van der Waals surface area contributed by atoms with Crippen LogP contribution in [0.15, 0.2) is 55.1 Å². The lowest BCUT2D eigenvalue weighted by molar-refractivity contribution is 0.0934. The maximum atomic E-state index is 13.4. The molecule has 0 radical (unpaired) electrons. The molecule has 3 heterocycles. The van der Waals surface area contributed by atoms with Crippen molar-refractivity contribution in [3.63, 3.8) is 0 Å². The molecule has 158 valence electrons. The van der Waals surface area contributed by atoms with Crippen molar-refractivity contribution in [1.29, 1.82) is 0 Å². The zero-order chi connectivity index (χ0) is 22.0. The van der Waals surface area contributed by atoms with Crippen LogP contribution in [0.5, 0.6) is 0 Å². The number of hydrogen-bond acceptors (Lipinski definition) is 4. The van der Waals surface area contributed by atoms with Gasteiger partial charge in [0.15, 0.2) is 0 Å². The van der Waals surface area contributed by atoms with Gasteiger partial charge in [0.2, 0.25) is 0 Å². The van der Waals surface area contributed by atoms with Gasteiger partial charge in [-0.15, -0.1) is 0 Å². The Morgan fingerprint density at radius 1 is 1.10 bits per heavy atom. The Morgan fingerprint density at radius 2 is 1.90 bits per heavy atom. The predicted molar refractivity (Wildman–Crippen MR) is 112 cm³/mol. The SMILES string of the molecule is Cc1cc(CNC(=O)c2cn3c(C(=O)NCc4cncn4C)cccc3n2)ccc1F. The summed E-state index contributed by atoms with van der Waals surface area (Å²) in [7, 11) is 1.85. The van der Waals surface area contributed by atoms with E-state index in [1.54, 1.807) is 54.2 Å². The number of carbonyl (C=O) groups is 2. The topological polar surface area (TPSA) is 93.3 Å². The number of pyridine rings is 1. The van der Waals surface area contributed by atoms with Gasteiger partial charge in [-0.2, -0.15) is 0 Å². The summed E-state index contributed by atoms with van der Waals surface area (Å²) in [5.41, 5.74) is 3.19. The summed E-state index contributed by atoms with van der Waals surface area (Å²) in [6, 6.07) is 9.78. The number of amides is 2. The van der Waals surface area contributed by atoms with Crippen LogP contribution in [0.1, 0.15) is 37.8 Å². The second-order valence-corrected chi connectivity index (χ2v) is 7.21. The second kappa shape index (κ2) is 8.39. The number of rotatable bonds is 6. The van der Waals surface area contributed by atoms with Gasteiger partial charge in [0.1, 0.15) is 22.9 Å². The van der Waals surface area contributed by atoms with Crippen molar-refractivity contribution in [2.75, 3.05) is 0 Å². The monoisotopic (exact) mass is 420 g/mol. The Labute approximate surface area is 177 Å². The first-order chi connectivity index (χ1) is 14.9. The molecule has 0 aliphatic carbocycles. The summed E-state index contributed by atoms with van der Waals surface area (Å²) in [6.07, 6.45) is 4.87. The summed E-state index contributed by atoms with van der Waals surface area (Å²) in [6.45, 7) is 2.24. The van der Waals surface area contributed by atoms with Gasteiger partial charge < -0.3 is 15.2 Å². The molecule has 2 amide bonds. The van der Waals surface area contributed by atoms with E-state index in [4.69, 9.17) is 0 Å². The fourth-order valence-electron chi connectivity index (χ4n) is 3.21. The van der Waals surface area contributed by atoms with Crippen molar-refractivity contribution < 1.29 is 14.0 Å². The summed E-state index contributed by atoms with van der Waals surface area (Å²) in [5, 5.41) is 5.62. The Bertz CT molecular complexity index is 1280. The smallest absolute Gasteiger partial charge is 0.271 e. The zero-order valence-corrected chi connectivity index (χ0v) is 17.1. The van der Waals surface area contributed by atoms with E-state index in [1.807, 2.05) is 11.6 Å². The van der Waals surface area contributed by atoms with Crippen molar-refractivity contribution in [2.24, 2.45) is 7.05 Å². The molecule has 0 fully saturated rings. The molecule has 4 aromatic rings. The minimum Gasteiger partial charge on any atom is -0.347 e. The third-order valence-corrected chi connectivity index (χ3v) is 4.98. The van der Waals surface area contributed by atoms with Gasteiger partial charge in [-0.3, -0.25) is 14.0 Å². The molecule has 8 nitrogen and oxygen atoms in total. The fraction of sp³-hybridized carbons (Fsp3) is 0.182. The van der Waals surface area contributed by atoms with Gasteiger partial charge in [0, 0.05) is 26.0 Å². The third-order valence-electron chi connectivity index (χ3n) is 4.98. The Balaban J connectivity index is 1.48. The molecule has 4 rings (SSSR count). The first-order valence-electron chi connectivity index (χ1n) is 9.67. The highest BCUT2D eigenvalue weighted by molar-refractivity contribution is 5.95. The summed E-state index contributed by atoms with van der Waals surface area (Å²) < 4.78 is 16.8. The standard InChI is InChI=1S/C22H21FN6O2/c1-14-8-15(6-7-17(14)23)9-25-21(30)18-12-29-19(4-3-5-20(29)27-18)22(31)26-11-16-10-24-13-28(16)2/h3-8,10,12-13H,9,11H2,1-2H3,(H,25,30)(H,26,31). The summed E-state index contributed by atoms with van der Waals surface area (Å²) in [5.74, 6) is -0.963. The molecular formula is C22H21FN6O2. The normalized spacial score (nSPS) is 10.9. The van der Waals surface area contributed by atoms with Crippen LogP contribution >= 0.6 is 0 Å². The van der Waals surface area contributed by atoms with Gasteiger partial charge in [0.05, 0.1) is 18.6 Å². The zero-order valence-electron chi connectivity index (χ0n) is 17.1. The van der Waals surface area contributed by atoms with Gasteiger partial charge in [-0.25, -0.2) is 14.4 Å². The van der Waals surface area contributed by atoms with Crippen LogP contribution < -0.4 is 10.6 Å². The highest BCUT2D eigenvalue weighted by Crippen LogP contribution is 2.12. The van der Waals surface area contributed by atoms with Crippen molar-refractivity contribution in [3.05, 3.63) is 89.1 Å². The van der Waals surface area contributed by atoms with Gasteiger partial charge >= 0.3 is 0 Å². The molecule has 0 unspecified atom stereocenters. The van der Waals surface area contributed by atoms with Crippen LogP contribution in [0.2, 0.25) is 0 Å². The average Bonchev–Trinajstić information content (AvgIpc) is 3.38. The summed E-state index contributed by atoms with van der Waals surface area (Å²) in [4.78, 5) is 33.6. The van der Waals surface area contributed by atoms with Crippen LogP contribution in [0, 0.1) is 12.7 Å². The number of carbonyl (C=O) groups excluding carboxylic acids is 2. The molecular weight excluding hydrogens is 399 g/mol. The maximum absolute atomic E-state index is 13.4. The Hall–Kier alpha value is -4.01. The van der Waals surface area contributed by atoms with Gasteiger partial charge in [-0.1, -0.05) is 18.2 Å². The van der Waals surface area contributed by atoms with Gasteiger partial charge in [0.25, 0.3) is 11.8 Å². The van der Waals surface area contributed by atoms with Crippen molar-refractivity contribution in [2.45, 2.75) is 20.0 Å². The molecule has 0 aliphatic rings. The number of imidazole rings is 2. The maximum Gasteiger partial charge on any atom is 0.271 e. The number of fused-ring (bicyclic) bond motifs is 1. The Morgan fingerprint density at radius 3 is 2.65 bits per heavy atom. The average molecular weight is 420 g/mol. The number of aromatic nitrogens is 4. The van der Waals surface area contributed by atoms with Crippen LogP contribution in [-0.2, 0) is 20.1 Å². The fourth-order valence-corrected chi connectivity index (χ4v) is 3.21. The molecule has 0 saturated carbocycles. The molecule has 0 bridgehead atoms. The van der Waals surface area contributed by atoms with Crippen molar-refractivity contribution >= 4 is 17.5 Å². The minimum atomic E-state index is -0.382. The molecule has 0 saturated heterocycles. The van der Waals surface area contributed by atoms with E-state index in [2.05, 4.69) is 20.6 Å². The highest BCUT2D eigenvalue weighted by Gasteiger charge is 2.16. The number of benzene rings is 1. The molecule has 31 heavy (non-hydrogen) atoms. The first kappa shape index (κ1) is 20.3. The quantitative estimate of drug-likeness (QED) is 0.501. The molecule has 1 aromatic carbocycles. The van der Waals surface area contributed by atoms with E-state index in [1.165, 1.54) is 12.3 Å². The van der Waals surface area contributed by atoms with Crippen LogP contribution in [0.4, 0.5) is 4.39 Å². The molecule has 0 aliphatic heterocycles. The van der Waals surface area contributed by atoms with E-state index in [0.717, 1.165) is 11.3 Å². The Kier molecular flexibility index (Phi) is 5.48. The van der Waals surface area contributed by atoms with Crippen molar-refractivity contribution in [3.8, 4) is 0 Å². The van der Waals surface area contributed by atoms with Crippen LogP contribution in [0.3, 0.4) is 0 Å². The number of nitrogens with one attached hydrogen (secondary N) is 2. The third kappa shape index (κ3) is 4.30. The highest BCUT2D eigenvalue weighted by atomic mass is 19.1. The lowest BCUT2D eigenvalue weighted by Crippen LogP contribution is -2.25. The van der Waals surface area contributed by atoms with E-state index in [-0.39, 0.29) is 29.9 Å². The lowest BCUT2D eigenvalue weighted by atomic mass is 10.1. The largest absolute Gasteiger partial charge is 0.347 e. The number of nitrogens with zero attached hydrogens (tertiary/aromatic N) is 4. The molecule has 0 atom stereocenters. The second-order valence-electron chi connectivity index (χ2n) is 7.21. The van der Waals surface area contributed by atoms with E-state index < -0.39 is 0 Å². The van der Waals surface area contributed by atoms with Crippen LogP contribution in [-0.4, -0.2) is 30.8 Å². The van der Waals surface area contributed by atoms with E-state index in [9.17, 15) is 14.0 Å². The molecule has 2 N–H and O–H groups in total. The minimum absolute atomic E-state index is 0.186. The number of halogens is 1. The number of aryl methyl sites for hydroxylation is 2. The van der Waals surface area contributed by atoms with Gasteiger partial charge in [-0.05, 0) is 36.2 Å². The van der Waals surface area contributed by atoms with E-state index in [0.29, 0.717) is 23.4 Å². The molecule has 0 spiro atoms. The molecule has 3 aromatic heterocycles. The predicted octanol–water partition coefficient (Wildman–Crippen LogP) is 2.38. The summed E-state index contributed by atoms with van der Waals surface area (Å²) >= 11 is 0. The van der Waals surface area contributed by atoms with Crippen molar-refractivity contribution in [1.82, 2.24) is 29.6 Å². The number of hydrogen-bond donors (Lipinski definition) is 2.